The number of nitrogens with one attached hydrogen (secondary N) is 2. The number of ether oxygens (including phenoxy) is 1. The molecule has 0 unspecified atom stereocenters. The van der Waals surface area contributed by atoms with Gasteiger partial charge in [0.2, 0.25) is 0 Å². The van der Waals surface area contributed by atoms with E-state index in [9.17, 15) is 18.7 Å². The first-order valence-corrected chi connectivity index (χ1v) is 8.40. The molecule has 0 aromatic rings. The van der Waals surface area contributed by atoms with E-state index in [1.807, 2.05) is 4.90 Å². The summed E-state index contributed by atoms with van der Waals surface area (Å²) in [6.07, 6.45) is 1.57. The van der Waals surface area contributed by atoms with Crippen molar-refractivity contribution in [1.82, 2.24) is 15.5 Å². The monoisotopic (exact) mass is 333 g/mol. The van der Waals surface area contributed by atoms with Crippen molar-refractivity contribution in [2.75, 3.05) is 26.2 Å². The van der Waals surface area contributed by atoms with Gasteiger partial charge in [-0.3, -0.25) is 0 Å². The van der Waals surface area contributed by atoms with Crippen molar-refractivity contribution < 1.29 is 23.4 Å². The first kappa shape index (κ1) is 16.9. The predicted molar refractivity (Wildman–Crippen MR) is 79.5 cm³/mol. The van der Waals surface area contributed by atoms with Crippen LogP contribution in [0.2, 0.25) is 0 Å². The standard InChI is InChI=1S/C15H25F2N3O3/c16-15(17)4-6-20(7-5-15)8-12-13(21)11(9-23-12)19-14(22)18-10-2-1-3-10/h10-13,21H,1-9H2,(H2,18,19,22)/t11-,12-,13+/m0/s1. The van der Waals surface area contributed by atoms with Crippen LogP contribution in [0, 0.1) is 0 Å². The average molecular weight is 333 g/mol. The summed E-state index contributed by atoms with van der Waals surface area (Å²) in [5, 5.41) is 15.9. The third-order valence-corrected chi connectivity index (χ3v) is 5.07. The molecule has 3 fully saturated rings. The van der Waals surface area contributed by atoms with Crippen molar-refractivity contribution in [3.63, 3.8) is 0 Å². The summed E-state index contributed by atoms with van der Waals surface area (Å²) in [5.41, 5.74) is 0. The molecular weight excluding hydrogens is 308 g/mol. The Balaban J connectivity index is 1.41. The Bertz CT molecular complexity index is 424. The molecule has 1 saturated carbocycles. The van der Waals surface area contributed by atoms with E-state index in [0.717, 1.165) is 19.3 Å². The minimum absolute atomic E-state index is 0.151. The Kier molecular flexibility index (Phi) is 5.03. The van der Waals surface area contributed by atoms with E-state index in [4.69, 9.17) is 4.74 Å². The Hall–Kier alpha value is -0.990. The van der Waals surface area contributed by atoms with Crippen LogP contribution in [-0.4, -0.2) is 72.5 Å². The summed E-state index contributed by atoms with van der Waals surface area (Å²) in [6, 6.07) is -0.493. The Morgan fingerprint density at radius 2 is 1.96 bits per heavy atom. The second-order valence-corrected chi connectivity index (χ2v) is 6.87. The van der Waals surface area contributed by atoms with Crippen LogP contribution in [0.3, 0.4) is 0 Å². The van der Waals surface area contributed by atoms with E-state index in [0.29, 0.717) is 19.6 Å². The molecule has 2 heterocycles. The lowest BCUT2D eigenvalue weighted by Gasteiger charge is -2.33. The molecule has 3 rings (SSSR count). The lowest BCUT2D eigenvalue weighted by molar-refractivity contribution is -0.0674. The Morgan fingerprint density at radius 1 is 1.26 bits per heavy atom. The highest BCUT2D eigenvalue weighted by Crippen LogP contribution is 2.28. The zero-order valence-electron chi connectivity index (χ0n) is 13.1. The number of amides is 2. The van der Waals surface area contributed by atoms with Crippen molar-refractivity contribution in [3.8, 4) is 0 Å². The Labute approximate surface area is 134 Å². The van der Waals surface area contributed by atoms with Crippen molar-refractivity contribution in [2.45, 2.75) is 62.3 Å². The molecule has 3 N–H and O–H groups in total. The number of urea groups is 1. The fraction of sp³-hybridized carbons (Fsp3) is 0.933. The van der Waals surface area contributed by atoms with E-state index in [1.54, 1.807) is 0 Å². The minimum Gasteiger partial charge on any atom is -0.388 e. The third-order valence-electron chi connectivity index (χ3n) is 5.07. The highest BCUT2D eigenvalue weighted by atomic mass is 19.3. The van der Waals surface area contributed by atoms with Gasteiger partial charge in [-0.1, -0.05) is 0 Å². The molecule has 0 spiro atoms. The summed E-state index contributed by atoms with van der Waals surface area (Å²) in [7, 11) is 0. The molecule has 6 nitrogen and oxygen atoms in total. The molecule has 0 aromatic carbocycles. The number of alkyl halides is 2. The molecule has 3 atom stereocenters. The number of halogens is 2. The fourth-order valence-corrected chi connectivity index (χ4v) is 3.24. The van der Waals surface area contributed by atoms with E-state index >= 15 is 0 Å². The lowest BCUT2D eigenvalue weighted by Crippen LogP contribution is -2.53. The predicted octanol–water partition coefficient (Wildman–Crippen LogP) is 0.697. The van der Waals surface area contributed by atoms with Crippen molar-refractivity contribution in [3.05, 3.63) is 0 Å². The molecule has 132 valence electrons. The SMILES string of the molecule is O=C(NC1CCC1)N[C@H]1CO[C@@H](CN2CCC(F)(F)CC2)[C@@H]1O. The number of aliphatic hydroxyl groups excluding tert-OH is 1. The lowest BCUT2D eigenvalue weighted by atomic mass is 9.93. The quantitative estimate of drug-likeness (QED) is 0.708. The highest BCUT2D eigenvalue weighted by Gasteiger charge is 2.40. The normalized spacial score (nSPS) is 34.8. The number of hydrogen-bond acceptors (Lipinski definition) is 4. The summed E-state index contributed by atoms with van der Waals surface area (Å²) in [6.45, 7) is 1.27. The second kappa shape index (κ2) is 6.86. The van der Waals surface area contributed by atoms with Gasteiger partial charge in [0.1, 0.15) is 6.10 Å². The molecule has 1 aliphatic carbocycles. The number of carbonyl (C=O) groups is 1. The van der Waals surface area contributed by atoms with Crippen LogP contribution < -0.4 is 10.6 Å². The summed E-state index contributed by atoms with van der Waals surface area (Å²) >= 11 is 0. The van der Waals surface area contributed by atoms with Gasteiger partial charge < -0.3 is 25.4 Å². The van der Waals surface area contributed by atoms with Crippen molar-refractivity contribution >= 4 is 6.03 Å². The number of piperidine rings is 1. The maximum atomic E-state index is 13.1. The second-order valence-electron chi connectivity index (χ2n) is 6.87. The maximum absolute atomic E-state index is 13.1. The summed E-state index contributed by atoms with van der Waals surface area (Å²) in [5.74, 6) is -2.57. The van der Waals surface area contributed by atoms with Gasteiger partial charge in [0.25, 0.3) is 5.92 Å². The molecule has 3 aliphatic rings. The molecule has 0 radical (unpaired) electrons. The van der Waals surface area contributed by atoms with Crippen LogP contribution in [0.25, 0.3) is 0 Å². The molecule has 2 aliphatic heterocycles. The molecule has 0 aromatic heterocycles. The van der Waals surface area contributed by atoms with Gasteiger partial charge >= 0.3 is 6.03 Å². The number of hydrogen-bond donors (Lipinski definition) is 3. The maximum Gasteiger partial charge on any atom is 0.315 e. The first-order chi connectivity index (χ1) is 10.9. The zero-order valence-corrected chi connectivity index (χ0v) is 13.1. The molecule has 8 heteroatoms. The van der Waals surface area contributed by atoms with Gasteiger partial charge in [0.15, 0.2) is 0 Å². The zero-order chi connectivity index (χ0) is 16.4. The number of nitrogens with zero attached hydrogens (tertiary/aromatic N) is 1. The van der Waals surface area contributed by atoms with Gasteiger partial charge in [-0.2, -0.15) is 0 Å². The summed E-state index contributed by atoms with van der Waals surface area (Å²) < 4.78 is 31.9. The topological polar surface area (TPSA) is 73.8 Å². The van der Waals surface area contributed by atoms with E-state index < -0.39 is 24.2 Å². The first-order valence-electron chi connectivity index (χ1n) is 8.40. The van der Waals surface area contributed by atoms with Crippen LogP contribution >= 0.6 is 0 Å². The van der Waals surface area contributed by atoms with Gasteiger partial charge in [-0.25, -0.2) is 13.6 Å². The highest BCUT2D eigenvalue weighted by molar-refractivity contribution is 5.74. The van der Waals surface area contributed by atoms with Gasteiger partial charge in [-0.05, 0) is 19.3 Å². The molecular formula is C15H25F2N3O3. The number of rotatable bonds is 4. The van der Waals surface area contributed by atoms with Crippen LogP contribution in [0.4, 0.5) is 13.6 Å². The molecule has 0 bridgehead atoms. The largest absolute Gasteiger partial charge is 0.388 e. The van der Waals surface area contributed by atoms with Gasteiger partial charge in [0.05, 0.1) is 18.8 Å². The van der Waals surface area contributed by atoms with Crippen LogP contribution in [0.5, 0.6) is 0 Å². The van der Waals surface area contributed by atoms with Crippen molar-refractivity contribution in [1.29, 1.82) is 0 Å². The van der Waals surface area contributed by atoms with Crippen molar-refractivity contribution in [2.24, 2.45) is 0 Å². The number of carbonyl (C=O) groups excluding carboxylic acids is 1. The third kappa shape index (κ3) is 4.30. The van der Waals surface area contributed by atoms with Crippen LogP contribution in [0.1, 0.15) is 32.1 Å². The minimum atomic E-state index is -2.57. The van der Waals surface area contributed by atoms with E-state index in [1.165, 1.54) is 0 Å². The van der Waals surface area contributed by atoms with Crippen LogP contribution in [0.15, 0.2) is 0 Å². The van der Waals surface area contributed by atoms with Gasteiger partial charge in [0, 0.05) is 38.5 Å². The summed E-state index contributed by atoms with van der Waals surface area (Å²) in [4.78, 5) is 13.7. The number of likely N-dealkylation sites (tertiary alicyclic amines) is 1. The Morgan fingerprint density at radius 3 is 2.57 bits per heavy atom. The molecule has 2 saturated heterocycles. The molecule has 2 amide bonds. The molecule has 23 heavy (non-hydrogen) atoms. The van der Waals surface area contributed by atoms with E-state index in [-0.39, 0.29) is 31.5 Å². The smallest absolute Gasteiger partial charge is 0.315 e. The fourth-order valence-electron chi connectivity index (χ4n) is 3.24. The van der Waals surface area contributed by atoms with Crippen LogP contribution in [-0.2, 0) is 4.74 Å². The van der Waals surface area contributed by atoms with Gasteiger partial charge in [-0.15, -0.1) is 0 Å². The number of aliphatic hydroxyl groups is 1. The average Bonchev–Trinajstić information content (AvgIpc) is 2.78. The van der Waals surface area contributed by atoms with E-state index in [2.05, 4.69) is 10.6 Å².